The molecule has 0 amide bonds. The lowest BCUT2D eigenvalue weighted by molar-refractivity contribution is 0.0461. The van der Waals surface area contributed by atoms with E-state index in [1.54, 1.807) is 0 Å². The number of benzene rings is 3. The molecule has 2 bridgehead atoms. The molecule has 5 rings (SSSR count). The largest absolute Gasteiger partial charge is 0.369 e. The van der Waals surface area contributed by atoms with Crippen LogP contribution in [0.3, 0.4) is 0 Å². The summed E-state index contributed by atoms with van der Waals surface area (Å²) in [5.41, 5.74) is 3.97. The predicted molar refractivity (Wildman–Crippen MR) is 136 cm³/mol. The van der Waals surface area contributed by atoms with Crippen LogP contribution in [0.4, 0.5) is 0 Å². The SMILES string of the molecule is c1ccc(CCCN2[C@@H]3CC[C@H]2CC(CCOC(c2ccccc2)c2ccccc2)C3)cc1. The van der Waals surface area contributed by atoms with Gasteiger partial charge in [-0.15, -0.1) is 0 Å². The van der Waals surface area contributed by atoms with Crippen LogP contribution in [-0.2, 0) is 11.2 Å². The van der Waals surface area contributed by atoms with Crippen LogP contribution in [0.2, 0.25) is 0 Å². The minimum atomic E-state index is 0.0298. The van der Waals surface area contributed by atoms with Crippen LogP contribution < -0.4 is 0 Å². The highest BCUT2D eigenvalue weighted by atomic mass is 16.5. The van der Waals surface area contributed by atoms with Crippen molar-refractivity contribution in [2.24, 2.45) is 5.92 Å². The topological polar surface area (TPSA) is 12.5 Å². The second-order valence-electron chi connectivity index (χ2n) is 9.91. The van der Waals surface area contributed by atoms with Gasteiger partial charge in [-0.25, -0.2) is 0 Å². The molecule has 2 saturated heterocycles. The van der Waals surface area contributed by atoms with Crippen molar-refractivity contribution in [1.82, 2.24) is 4.90 Å². The maximum Gasteiger partial charge on any atom is 0.108 e. The molecule has 0 aromatic heterocycles. The van der Waals surface area contributed by atoms with E-state index in [1.807, 2.05) is 0 Å². The molecule has 33 heavy (non-hydrogen) atoms. The van der Waals surface area contributed by atoms with Crippen molar-refractivity contribution in [2.75, 3.05) is 13.2 Å². The van der Waals surface area contributed by atoms with Crippen molar-refractivity contribution in [1.29, 1.82) is 0 Å². The van der Waals surface area contributed by atoms with Gasteiger partial charge in [-0.05, 0) is 74.1 Å². The van der Waals surface area contributed by atoms with Crippen molar-refractivity contribution in [3.05, 3.63) is 108 Å². The van der Waals surface area contributed by atoms with E-state index in [1.165, 1.54) is 68.2 Å². The summed E-state index contributed by atoms with van der Waals surface area (Å²) in [6, 6.07) is 33.9. The van der Waals surface area contributed by atoms with Crippen LogP contribution in [0.25, 0.3) is 0 Å². The van der Waals surface area contributed by atoms with Crippen molar-refractivity contribution < 1.29 is 4.74 Å². The van der Waals surface area contributed by atoms with Gasteiger partial charge >= 0.3 is 0 Å². The van der Waals surface area contributed by atoms with Gasteiger partial charge in [-0.3, -0.25) is 4.90 Å². The fourth-order valence-corrected chi connectivity index (χ4v) is 6.09. The highest BCUT2D eigenvalue weighted by Crippen LogP contribution is 2.40. The summed E-state index contributed by atoms with van der Waals surface area (Å²) < 4.78 is 6.53. The third-order valence-electron chi connectivity index (χ3n) is 7.72. The van der Waals surface area contributed by atoms with Crippen LogP contribution in [0, 0.1) is 5.92 Å². The van der Waals surface area contributed by atoms with Crippen LogP contribution in [-0.4, -0.2) is 30.1 Å². The number of hydrogen-bond donors (Lipinski definition) is 0. The van der Waals surface area contributed by atoms with E-state index >= 15 is 0 Å². The van der Waals surface area contributed by atoms with Gasteiger partial charge in [0, 0.05) is 18.7 Å². The molecule has 0 aliphatic carbocycles. The van der Waals surface area contributed by atoms with Crippen molar-refractivity contribution in [2.45, 2.75) is 63.1 Å². The Bertz CT molecular complexity index is 904. The molecule has 0 saturated carbocycles. The number of aryl methyl sites for hydroxylation is 1. The first-order chi connectivity index (χ1) is 16.4. The molecular weight excluding hydrogens is 402 g/mol. The van der Waals surface area contributed by atoms with Gasteiger partial charge in [0.15, 0.2) is 0 Å². The second kappa shape index (κ2) is 11.1. The quantitative estimate of drug-likeness (QED) is 0.335. The first-order valence-electron chi connectivity index (χ1n) is 12.9. The molecular formula is C31H37NO. The summed E-state index contributed by atoms with van der Waals surface area (Å²) >= 11 is 0. The Morgan fingerprint density at radius 2 is 1.27 bits per heavy atom. The van der Waals surface area contributed by atoms with Gasteiger partial charge in [-0.1, -0.05) is 91.0 Å². The molecule has 2 heterocycles. The van der Waals surface area contributed by atoms with E-state index in [4.69, 9.17) is 4.74 Å². The van der Waals surface area contributed by atoms with Gasteiger partial charge in [0.05, 0.1) is 0 Å². The summed E-state index contributed by atoms with van der Waals surface area (Å²) in [5.74, 6) is 0.806. The lowest BCUT2D eigenvalue weighted by Gasteiger charge is -2.39. The lowest BCUT2D eigenvalue weighted by atomic mass is 9.88. The molecule has 3 aromatic rings. The van der Waals surface area contributed by atoms with Gasteiger partial charge in [0.2, 0.25) is 0 Å². The maximum absolute atomic E-state index is 6.53. The molecule has 2 aliphatic heterocycles. The second-order valence-corrected chi connectivity index (χ2v) is 9.91. The van der Waals surface area contributed by atoms with Gasteiger partial charge in [0.25, 0.3) is 0 Å². The molecule has 3 aromatic carbocycles. The first kappa shape index (κ1) is 22.4. The van der Waals surface area contributed by atoms with Crippen molar-refractivity contribution >= 4 is 0 Å². The number of hydrogen-bond acceptors (Lipinski definition) is 2. The van der Waals surface area contributed by atoms with Crippen LogP contribution >= 0.6 is 0 Å². The van der Waals surface area contributed by atoms with Crippen LogP contribution in [0.15, 0.2) is 91.0 Å². The zero-order valence-electron chi connectivity index (χ0n) is 19.7. The first-order valence-corrected chi connectivity index (χ1v) is 12.9. The predicted octanol–water partition coefficient (Wildman–Crippen LogP) is 7.06. The smallest absolute Gasteiger partial charge is 0.108 e. The molecule has 2 heteroatoms. The molecule has 2 nitrogen and oxygen atoms in total. The molecule has 2 fully saturated rings. The third kappa shape index (κ3) is 5.75. The van der Waals surface area contributed by atoms with E-state index < -0.39 is 0 Å². The Balaban J connectivity index is 1.12. The summed E-state index contributed by atoms with van der Waals surface area (Å²) in [6.45, 7) is 2.10. The minimum absolute atomic E-state index is 0.0298. The zero-order valence-corrected chi connectivity index (χ0v) is 19.7. The maximum atomic E-state index is 6.53. The monoisotopic (exact) mass is 439 g/mol. The van der Waals surface area contributed by atoms with Crippen LogP contribution in [0.1, 0.15) is 61.3 Å². The summed E-state index contributed by atoms with van der Waals surface area (Å²) in [5, 5.41) is 0. The Morgan fingerprint density at radius 1 is 0.727 bits per heavy atom. The number of nitrogens with zero attached hydrogens (tertiary/aromatic N) is 1. The summed E-state index contributed by atoms with van der Waals surface area (Å²) in [6.07, 6.45) is 9.19. The number of piperidine rings is 1. The Labute approximate surface area is 199 Å². The summed E-state index contributed by atoms with van der Waals surface area (Å²) in [4.78, 5) is 2.84. The summed E-state index contributed by atoms with van der Waals surface area (Å²) in [7, 11) is 0. The fourth-order valence-electron chi connectivity index (χ4n) is 6.09. The minimum Gasteiger partial charge on any atom is -0.369 e. The average molecular weight is 440 g/mol. The number of ether oxygens (including phenoxy) is 1. The van der Waals surface area contributed by atoms with Gasteiger partial charge in [-0.2, -0.15) is 0 Å². The average Bonchev–Trinajstić information content (AvgIpc) is 3.11. The molecule has 2 aliphatic rings. The Kier molecular flexibility index (Phi) is 7.55. The molecule has 1 unspecified atom stereocenters. The standard InChI is InChI=1S/C31H37NO/c1-4-11-25(12-5-1)13-10-21-32-29-18-19-30(32)24-26(23-29)20-22-33-31(27-14-6-2-7-15-27)28-16-8-3-9-17-28/h1-9,11-12,14-17,26,29-31H,10,13,18-24H2/t26?,29-,30+. The fraction of sp³-hybridized carbons (Fsp3) is 0.419. The van der Waals surface area contributed by atoms with Gasteiger partial charge in [0.1, 0.15) is 6.10 Å². The number of rotatable bonds is 10. The van der Waals surface area contributed by atoms with Crippen LogP contribution in [0.5, 0.6) is 0 Å². The van der Waals surface area contributed by atoms with E-state index in [-0.39, 0.29) is 6.10 Å². The number of fused-ring (bicyclic) bond motifs is 2. The van der Waals surface area contributed by atoms with Crippen molar-refractivity contribution in [3.8, 4) is 0 Å². The highest BCUT2D eigenvalue weighted by Gasteiger charge is 2.39. The van der Waals surface area contributed by atoms with E-state index in [0.717, 1.165) is 24.6 Å². The van der Waals surface area contributed by atoms with Crippen molar-refractivity contribution in [3.63, 3.8) is 0 Å². The van der Waals surface area contributed by atoms with E-state index in [2.05, 4.69) is 95.9 Å². The molecule has 3 atom stereocenters. The molecule has 0 N–H and O–H groups in total. The molecule has 0 radical (unpaired) electrons. The van der Waals surface area contributed by atoms with E-state index in [0.29, 0.717) is 0 Å². The normalized spacial score (nSPS) is 22.6. The molecule has 172 valence electrons. The van der Waals surface area contributed by atoms with Gasteiger partial charge < -0.3 is 4.74 Å². The Hall–Kier alpha value is -2.42. The van der Waals surface area contributed by atoms with E-state index in [9.17, 15) is 0 Å². The highest BCUT2D eigenvalue weighted by molar-refractivity contribution is 5.29. The Morgan fingerprint density at radius 3 is 1.85 bits per heavy atom. The lowest BCUT2D eigenvalue weighted by Crippen LogP contribution is -2.43. The zero-order chi connectivity index (χ0) is 22.3. The third-order valence-corrected chi connectivity index (χ3v) is 7.72. The molecule has 0 spiro atoms.